The van der Waals surface area contributed by atoms with Gasteiger partial charge in [-0.15, -0.1) is 0 Å². The van der Waals surface area contributed by atoms with E-state index in [0.717, 1.165) is 15.4 Å². The number of nitrogens with one attached hydrogen (secondary N) is 2. The Morgan fingerprint density at radius 3 is 2.29 bits per heavy atom. The Hall–Kier alpha value is -3.89. The Bertz CT molecular complexity index is 1370. The van der Waals surface area contributed by atoms with Crippen LogP contribution in [-0.4, -0.2) is 54.1 Å². The first kappa shape index (κ1) is 28.7. The van der Waals surface area contributed by atoms with Crippen LogP contribution in [0.4, 0.5) is 11.4 Å². The van der Waals surface area contributed by atoms with Crippen molar-refractivity contribution in [3.8, 4) is 5.75 Å². The zero-order valence-electron chi connectivity index (χ0n) is 22.0. The van der Waals surface area contributed by atoms with Crippen LogP contribution in [0, 0.1) is 13.8 Å². The van der Waals surface area contributed by atoms with Gasteiger partial charge in [0.2, 0.25) is 5.91 Å². The van der Waals surface area contributed by atoms with Crippen molar-refractivity contribution in [3.05, 3.63) is 83.4 Å². The molecule has 0 bridgehead atoms. The summed E-state index contributed by atoms with van der Waals surface area (Å²) in [5, 5.41) is 5.50. The van der Waals surface area contributed by atoms with Crippen LogP contribution in [-0.2, 0) is 19.6 Å². The molecule has 0 saturated heterocycles. The van der Waals surface area contributed by atoms with E-state index in [1.165, 1.54) is 19.2 Å². The number of amides is 2. The molecule has 0 aliphatic rings. The van der Waals surface area contributed by atoms with Crippen molar-refractivity contribution in [1.82, 2.24) is 5.32 Å². The lowest BCUT2D eigenvalue weighted by Gasteiger charge is -2.26. The van der Waals surface area contributed by atoms with E-state index < -0.39 is 22.5 Å². The number of ether oxygens (including phenoxy) is 2. The molecule has 10 heteroatoms. The van der Waals surface area contributed by atoms with Crippen molar-refractivity contribution in [2.75, 3.05) is 43.5 Å². The van der Waals surface area contributed by atoms with Crippen molar-refractivity contribution in [3.63, 3.8) is 0 Å². The maximum atomic E-state index is 13.8. The summed E-state index contributed by atoms with van der Waals surface area (Å²) in [4.78, 5) is 26.0. The Labute approximate surface area is 223 Å². The normalized spacial score (nSPS) is 11.1. The zero-order valence-corrected chi connectivity index (χ0v) is 22.8. The Morgan fingerprint density at radius 1 is 0.921 bits per heavy atom. The molecule has 0 fully saturated rings. The third-order valence-electron chi connectivity index (χ3n) is 5.76. The van der Waals surface area contributed by atoms with E-state index in [4.69, 9.17) is 9.47 Å². The lowest BCUT2D eigenvalue weighted by atomic mass is 10.1. The summed E-state index contributed by atoms with van der Waals surface area (Å²) in [6, 6.07) is 18.0. The van der Waals surface area contributed by atoms with Gasteiger partial charge in [0.25, 0.3) is 15.9 Å². The number of carbonyl (C=O) groups is 2. The molecule has 3 rings (SSSR count). The van der Waals surface area contributed by atoms with Crippen LogP contribution < -0.4 is 19.7 Å². The third kappa shape index (κ3) is 7.11. The highest BCUT2D eigenvalue weighted by molar-refractivity contribution is 7.92. The number of sulfonamides is 1. The fourth-order valence-electron chi connectivity index (χ4n) is 3.76. The number of benzene rings is 3. The maximum Gasteiger partial charge on any atom is 0.264 e. The molecule has 2 N–H and O–H groups in total. The van der Waals surface area contributed by atoms with E-state index in [0.29, 0.717) is 25.3 Å². The van der Waals surface area contributed by atoms with Gasteiger partial charge in [-0.1, -0.05) is 35.9 Å². The molecule has 0 aliphatic carbocycles. The van der Waals surface area contributed by atoms with Crippen LogP contribution in [0.5, 0.6) is 5.75 Å². The number of hydrogen-bond acceptors (Lipinski definition) is 6. The molecule has 3 aromatic carbocycles. The minimum Gasteiger partial charge on any atom is -0.495 e. The lowest BCUT2D eigenvalue weighted by molar-refractivity contribution is -0.114. The van der Waals surface area contributed by atoms with E-state index in [1.54, 1.807) is 61.7 Å². The van der Waals surface area contributed by atoms with Gasteiger partial charge >= 0.3 is 0 Å². The molecule has 0 unspecified atom stereocenters. The number of para-hydroxylation sites is 1. The molecule has 0 atom stereocenters. The van der Waals surface area contributed by atoms with E-state index in [2.05, 4.69) is 10.6 Å². The standard InChI is InChI=1S/C28H33N3O6S/c1-20-10-13-22(14-11-20)38(34,35)31(25-18-21(2)12-15-26(25)37-4)19-27(32)30-24-9-6-5-8-23(24)28(33)29-16-7-17-36-3/h5-6,8-15,18H,7,16-17,19H2,1-4H3,(H,29,33)(H,30,32). The van der Waals surface area contributed by atoms with Crippen molar-refractivity contribution in [1.29, 1.82) is 0 Å². The van der Waals surface area contributed by atoms with E-state index in [1.807, 2.05) is 13.8 Å². The molecule has 202 valence electrons. The summed E-state index contributed by atoms with van der Waals surface area (Å²) in [7, 11) is -1.13. The van der Waals surface area contributed by atoms with Gasteiger partial charge in [0.1, 0.15) is 12.3 Å². The summed E-state index contributed by atoms with van der Waals surface area (Å²) >= 11 is 0. The second-order valence-corrected chi connectivity index (χ2v) is 10.6. The SMILES string of the molecule is COCCCNC(=O)c1ccccc1NC(=O)CN(c1cc(C)ccc1OC)S(=O)(=O)c1ccc(C)cc1. The Kier molecular flexibility index (Phi) is 9.86. The molecule has 38 heavy (non-hydrogen) atoms. The Balaban J connectivity index is 1.93. The number of hydrogen-bond donors (Lipinski definition) is 2. The fraction of sp³-hybridized carbons (Fsp3) is 0.286. The third-order valence-corrected chi connectivity index (χ3v) is 7.53. The highest BCUT2D eigenvalue weighted by Gasteiger charge is 2.30. The smallest absolute Gasteiger partial charge is 0.264 e. The maximum absolute atomic E-state index is 13.8. The van der Waals surface area contributed by atoms with Crippen LogP contribution in [0.3, 0.4) is 0 Å². The van der Waals surface area contributed by atoms with Gasteiger partial charge < -0.3 is 20.1 Å². The molecule has 2 amide bonds. The molecule has 0 radical (unpaired) electrons. The quantitative estimate of drug-likeness (QED) is 0.338. The predicted molar refractivity (Wildman–Crippen MR) is 147 cm³/mol. The summed E-state index contributed by atoms with van der Waals surface area (Å²) in [6.07, 6.45) is 0.640. The van der Waals surface area contributed by atoms with Gasteiger partial charge in [0.15, 0.2) is 0 Å². The summed E-state index contributed by atoms with van der Waals surface area (Å²) < 4.78 is 39.0. The number of anilines is 2. The molecular formula is C28H33N3O6S. The minimum atomic E-state index is -4.15. The van der Waals surface area contributed by atoms with Crippen LogP contribution >= 0.6 is 0 Å². The number of methoxy groups -OCH3 is 2. The first-order valence-electron chi connectivity index (χ1n) is 12.1. The van der Waals surface area contributed by atoms with E-state index >= 15 is 0 Å². The number of nitrogens with zero attached hydrogens (tertiary/aromatic N) is 1. The zero-order chi connectivity index (χ0) is 27.7. The lowest BCUT2D eigenvalue weighted by Crippen LogP contribution is -2.38. The van der Waals surface area contributed by atoms with Crippen molar-refractivity contribution in [2.45, 2.75) is 25.2 Å². The fourth-order valence-corrected chi connectivity index (χ4v) is 5.18. The topological polar surface area (TPSA) is 114 Å². The molecule has 0 aromatic heterocycles. The molecule has 0 aliphatic heterocycles. The van der Waals surface area contributed by atoms with Crippen molar-refractivity contribution >= 4 is 33.2 Å². The average Bonchev–Trinajstić information content (AvgIpc) is 2.90. The Morgan fingerprint density at radius 2 is 1.61 bits per heavy atom. The monoisotopic (exact) mass is 539 g/mol. The van der Waals surface area contributed by atoms with Gasteiger partial charge in [0.05, 0.1) is 28.9 Å². The van der Waals surface area contributed by atoms with Gasteiger partial charge in [-0.05, 0) is 62.2 Å². The first-order valence-corrected chi connectivity index (χ1v) is 13.5. The van der Waals surface area contributed by atoms with Crippen molar-refractivity contribution in [2.24, 2.45) is 0 Å². The first-order chi connectivity index (χ1) is 18.2. The second-order valence-electron chi connectivity index (χ2n) is 8.70. The minimum absolute atomic E-state index is 0.0373. The van der Waals surface area contributed by atoms with Gasteiger partial charge in [-0.2, -0.15) is 0 Å². The number of rotatable bonds is 12. The number of aryl methyl sites for hydroxylation is 2. The largest absolute Gasteiger partial charge is 0.495 e. The molecule has 3 aromatic rings. The van der Waals surface area contributed by atoms with Gasteiger partial charge in [-0.25, -0.2) is 8.42 Å². The summed E-state index contributed by atoms with van der Waals surface area (Å²) in [6.45, 7) is 4.05. The van der Waals surface area contributed by atoms with Crippen LogP contribution in [0.25, 0.3) is 0 Å². The van der Waals surface area contributed by atoms with Gasteiger partial charge in [0, 0.05) is 20.3 Å². The molecule has 0 saturated carbocycles. The average molecular weight is 540 g/mol. The molecular weight excluding hydrogens is 506 g/mol. The van der Waals surface area contributed by atoms with Crippen molar-refractivity contribution < 1.29 is 27.5 Å². The second kappa shape index (κ2) is 13.1. The molecule has 0 spiro atoms. The molecule has 0 heterocycles. The predicted octanol–water partition coefficient (Wildman–Crippen LogP) is 3.91. The highest BCUT2D eigenvalue weighted by Crippen LogP contribution is 2.33. The van der Waals surface area contributed by atoms with E-state index in [9.17, 15) is 18.0 Å². The number of carbonyl (C=O) groups excluding carboxylic acids is 2. The van der Waals surface area contributed by atoms with Crippen LogP contribution in [0.15, 0.2) is 71.6 Å². The van der Waals surface area contributed by atoms with Gasteiger partial charge in [-0.3, -0.25) is 13.9 Å². The van der Waals surface area contributed by atoms with E-state index in [-0.39, 0.29) is 27.7 Å². The van der Waals surface area contributed by atoms with Crippen LogP contribution in [0.2, 0.25) is 0 Å². The van der Waals surface area contributed by atoms with Crippen LogP contribution in [0.1, 0.15) is 27.9 Å². The molecule has 9 nitrogen and oxygen atoms in total. The highest BCUT2D eigenvalue weighted by atomic mass is 32.2. The summed E-state index contributed by atoms with van der Waals surface area (Å²) in [5.74, 6) is -0.680. The summed E-state index contributed by atoms with van der Waals surface area (Å²) in [5.41, 5.74) is 2.46.